The molecule has 0 bridgehead atoms. The van der Waals surface area contributed by atoms with E-state index in [1.54, 1.807) is 31.2 Å². The van der Waals surface area contributed by atoms with E-state index in [0.29, 0.717) is 24.4 Å². The summed E-state index contributed by atoms with van der Waals surface area (Å²) < 4.78 is 4.92. The molecular formula is C17H25N3O4. The Kier molecular flexibility index (Phi) is 7.91. The fourth-order valence-electron chi connectivity index (χ4n) is 1.99. The minimum atomic E-state index is -0.417. The Morgan fingerprint density at radius 2 is 1.75 bits per heavy atom. The van der Waals surface area contributed by atoms with Crippen molar-refractivity contribution in [3.05, 3.63) is 29.8 Å². The van der Waals surface area contributed by atoms with E-state index < -0.39 is 5.97 Å². The molecule has 0 fully saturated rings. The van der Waals surface area contributed by atoms with E-state index in [0.717, 1.165) is 6.54 Å². The van der Waals surface area contributed by atoms with Gasteiger partial charge < -0.3 is 19.9 Å². The van der Waals surface area contributed by atoms with Crippen LogP contribution in [0.25, 0.3) is 0 Å². The maximum atomic E-state index is 12.0. The summed E-state index contributed by atoms with van der Waals surface area (Å²) in [7, 11) is 3.83. The maximum Gasteiger partial charge on any atom is 0.338 e. The Morgan fingerprint density at radius 3 is 2.25 bits per heavy atom. The molecule has 0 aliphatic carbocycles. The summed E-state index contributed by atoms with van der Waals surface area (Å²) in [5.41, 5.74) is 0.956. The van der Waals surface area contributed by atoms with Gasteiger partial charge in [-0.25, -0.2) is 4.79 Å². The maximum absolute atomic E-state index is 12.0. The highest BCUT2D eigenvalue weighted by Gasteiger charge is 2.16. The van der Waals surface area contributed by atoms with Gasteiger partial charge in [0.05, 0.1) is 12.2 Å². The van der Waals surface area contributed by atoms with Gasteiger partial charge in [0.2, 0.25) is 11.8 Å². The first-order valence-corrected chi connectivity index (χ1v) is 7.81. The van der Waals surface area contributed by atoms with Gasteiger partial charge in [0.15, 0.2) is 0 Å². The van der Waals surface area contributed by atoms with E-state index in [4.69, 9.17) is 4.74 Å². The number of amides is 2. The number of ether oxygens (including phenoxy) is 1. The van der Waals surface area contributed by atoms with Crippen LogP contribution in [0.2, 0.25) is 0 Å². The first-order chi connectivity index (χ1) is 11.3. The number of esters is 1. The molecule has 1 aromatic carbocycles. The van der Waals surface area contributed by atoms with Gasteiger partial charge in [-0.1, -0.05) is 0 Å². The van der Waals surface area contributed by atoms with Crippen molar-refractivity contribution in [1.29, 1.82) is 0 Å². The zero-order chi connectivity index (χ0) is 18.1. The van der Waals surface area contributed by atoms with Crippen LogP contribution in [0.3, 0.4) is 0 Å². The minimum Gasteiger partial charge on any atom is -0.462 e. The molecule has 7 nitrogen and oxygen atoms in total. The highest BCUT2D eigenvalue weighted by molar-refractivity contribution is 5.98. The predicted octanol–water partition coefficient (Wildman–Crippen LogP) is 0.894. The number of rotatable bonds is 8. The Morgan fingerprint density at radius 1 is 1.12 bits per heavy atom. The van der Waals surface area contributed by atoms with Gasteiger partial charge in [-0.2, -0.15) is 0 Å². The average Bonchev–Trinajstić information content (AvgIpc) is 2.52. The van der Waals surface area contributed by atoms with Crippen LogP contribution in [0.5, 0.6) is 0 Å². The molecule has 0 spiro atoms. The molecule has 132 valence electrons. The number of hydrogen-bond acceptors (Lipinski definition) is 5. The Labute approximate surface area is 142 Å². The number of carbonyl (C=O) groups is 3. The zero-order valence-corrected chi connectivity index (χ0v) is 14.7. The van der Waals surface area contributed by atoms with Crippen molar-refractivity contribution in [2.45, 2.75) is 13.8 Å². The quantitative estimate of drug-likeness (QED) is 0.714. The van der Waals surface area contributed by atoms with Crippen molar-refractivity contribution in [2.24, 2.45) is 0 Å². The molecule has 1 N–H and O–H groups in total. The number of benzene rings is 1. The van der Waals surface area contributed by atoms with Gasteiger partial charge in [-0.05, 0) is 45.3 Å². The van der Waals surface area contributed by atoms with Gasteiger partial charge >= 0.3 is 5.97 Å². The molecule has 0 unspecified atom stereocenters. The number of carbonyl (C=O) groups excluding carboxylic acids is 3. The number of nitrogens with zero attached hydrogens (tertiary/aromatic N) is 2. The lowest BCUT2D eigenvalue weighted by Crippen LogP contribution is -2.41. The lowest BCUT2D eigenvalue weighted by molar-refractivity contribution is -0.123. The predicted molar refractivity (Wildman–Crippen MR) is 92.0 cm³/mol. The van der Waals surface area contributed by atoms with Crippen LogP contribution >= 0.6 is 0 Å². The summed E-state index contributed by atoms with van der Waals surface area (Å²) >= 11 is 0. The first-order valence-electron chi connectivity index (χ1n) is 7.81. The zero-order valence-electron chi connectivity index (χ0n) is 14.7. The van der Waals surface area contributed by atoms with Gasteiger partial charge in [-0.15, -0.1) is 0 Å². The van der Waals surface area contributed by atoms with Gasteiger partial charge in [0.1, 0.15) is 6.54 Å². The van der Waals surface area contributed by atoms with Crippen molar-refractivity contribution >= 4 is 23.5 Å². The summed E-state index contributed by atoms with van der Waals surface area (Å²) in [5, 5.41) is 2.77. The van der Waals surface area contributed by atoms with E-state index in [1.807, 2.05) is 19.0 Å². The second kappa shape index (κ2) is 9.67. The van der Waals surface area contributed by atoms with Crippen LogP contribution in [-0.4, -0.2) is 63.0 Å². The molecule has 0 aromatic heterocycles. The molecule has 0 aliphatic heterocycles. The summed E-state index contributed by atoms with van der Waals surface area (Å²) in [6.07, 6.45) is 0. The molecule has 0 aliphatic rings. The van der Waals surface area contributed by atoms with Crippen LogP contribution in [0.4, 0.5) is 5.69 Å². The van der Waals surface area contributed by atoms with Gasteiger partial charge in [-0.3, -0.25) is 9.59 Å². The number of hydrogen-bond donors (Lipinski definition) is 1. The molecule has 1 aromatic rings. The molecular weight excluding hydrogens is 310 g/mol. The molecule has 0 radical (unpaired) electrons. The molecule has 0 saturated carbocycles. The number of nitrogens with one attached hydrogen (secondary N) is 1. The third-order valence-electron chi connectivity index (χ3n) is 3.25. The van der Waals surface area contributed by atoms with Crippen molar-refractivity contribution < 1.29 is 19.1 Å². The SMILES string of the molecule is CCOC(=O)c1ccc(N(CC(=O)NCCN(C)C)C(C)=O)cc1. The van der Waals surface area contributed by atoms with Crippen molar-refractivity contribution in [3.8, 4) is 0 Å². The topological polar surface area (TPSA) is 79.0 Å². The smallest absolute Gasteiger partial charge is 0.338 e. The van der Waals surface area contributed by atoms with Crippen LogP contribution in [-0.2, 0) is 14.3 Å². The minimum absolute atomic E-state index is 0.0679. The second-order valence-corrected chi connectivity index (χ2v) is 5.53. The fraction of sp³-hybridized carbons (Fsp3) is 0.471. The molecule has 0 atom stereocenters. The van der Waals surface area contributed by atoms with Gasteiger partial charge in [0.25, 0.3) is 0 Å². The summed E-state index contributed by atoms with van der Waals surface area (Å²) in [6.45, 7) is 4.60. The Hall–Kier alpha value is -2.41. The number of anilines is 1. The van der Waals surface area contributed by atoms with Gasteiger partial charge in [0, 0.05) is 25.7 Å². The fourth-order valence-corrected chi connectivity index (χ4v) is 1.99. The van der Waals surface area contributed by atoms with E-state index in [1.165, 1.54) is 11.8 Å². The van der Waals surface area contributed by atoms with Crippen LogP contribution in [0.15, 0.2) is 24.3 Å². The second-order valence-electron chi connectivity index (χ2n) is 5.53. The molecule has 0 saturated heterocycles. The summed E-state index contributed by atoms with van der Waals surface area (Å²) in [5.74, 6) is -0.900. The lowest BCUT2D eigenvalue weighted by atomic mass is 10.2. The first kappa shape index (κ1) is 19.6. The summed E-state index contributed by atoms with van der Waals surface area (Å²) in [6, 6.07) is 6.40. The van der Waals surface area contributed by atoms with Crippen molar-refractivity contribution in [1.82, 2.24) is 10.2 Å². The van der Waals surface area contributed by atoms with Crippen LogP contribution in [0.1, 0.15) is 24.2 Å². The van der Waals surface area contributed by atoms with E-state index in [9.17, 15) is 14.4 Å². The largest absolute Gasteiger partial charge is 0.462 e. The van der Waals surface area contributed by atoms with E-state index in [-0.39, 0.29) is 18.4 Å². The van der Waals surface area contributed by atoms with E-state index >= 15 is 0 Å². The third kappa shape index (κ3) is 6.37. The summed E-state index contributed by atoms with van der Waals surface area (Å²) in [4.78, 5) is 38.8. The highest BCUT2D eigenvalue weighted by Crippen LogP contribution is 2.16. The normalized spacial score (nSPS) is 10.4. The van der Waals surface area contributed by atoms with Crippen molar-refractivity contribution in [2.75, 3.05) is 45.2 Å². The number of likely N-dealkylation sites (N-methyl/N-ethyl adjacent to an activating group) is 1. The van der Waals surface area contributed by atoms with E-state index in [2.05, 4.69) is 5.32 Å². The molecule has 2 amide bonds. The average molecular weight is 335 g/mol. The highest BCUT2D eigenvalue weighted by atomic mass is 16.5. The third-order valence-corrected chi connectivity index (χ3v) is 3.25. The molecule has 24 heavy (non-hydrogen) atoms. The molecule has 1 rings (SSSR count). The van der Waals surface area contributed by atoms with Crippen molar-refractivity contribution in [3.63, 3.8) is 0 Å². The van der Waals surface area contributed by atoms with Crippen LogP contribution < -0.4 is 10.2 Å². The standard InChI is InChI=1S/C17H25N3O4/c1-5-24-17(23)14-6-8-15(9-7-14)20(13(2)21)12-16(22)18-10-11-19(3)4/h6-9H,5,10-12H2,1-4H3,(H,18,22). The Balaban J connectivity index is 2.72. The van der Waals surface area contributed by atoms with Crippen LogP contribution in [0, 0.1) is 0 Å². The molecule has 7 heteroatoms. The monoisotopic (exact) mass is 335 g/mol. The molecule has 0 heterocycles. The lowest BCUT2D eigenvalue weighted by Gasteiger charge is -2.21. The Bertz CT molecular complexity index is 570.